The van der Waals surface area contributed by atoms with Crippen LogP contribution in [0.5, 0.6) is 5.75 Å². The molecule has 0 fully saturated rings. The van der Waals surface area contributed by atoms with Crippen molar-refractivity contribution in [2.24, 2.45) is 0 Å². The molecule has 0 aliphatic heterocycles. The average molecular weight is 424 g/mol. The number of anilines is 1. The number of hydrogen-bond acceptors (Lipinski definition) is 5. The van der Waals surface area contributed by atoms with Gasteiger partial charge in [0.05, 0.1) is 17.2 Å². The maximum Gasteiger partial charge on any atom is 0.254 e. The van der Waals surface area contributed by atoms with E-state index in [1.807, 2.05) is 44.4 Å². The van der Waals surface area contributed by atoms with Crippen LogP contribution in [-0.4, -0.2) is 35.3 Å². The normalized spacial score (nSPS) is 10.5. The average Bonchev–Trinajstić information content (AvgIpc) is 3.15. The summed E-state index contributed by atoms with van der Waals surface area (Å²) in [5, 5.41) is 5.84. The van der Waals surface area contributed by atoms with Gasteiger partial charge in [-0.15, -0.1) is 11.3 Å². The van der Waals surface area contributed by atoms with Crippen LogP contribution in [0.3, 0.4) is 0 Å². The Morgan fingerprint density at radius 2 is 1.83 bits per heavy atom. The summed E-state index contributed by atoms with van der Waals surface area (Å²) >= 11 is 1.58. The van der Waals surface area contributed by atoms with E-state index in [-0.39, 0.29) is 18.4 Å². The lowest BCUT2D eigenvalue weighted by Gasteiger charge is -2.18. The van der Waals surface area contributed by atoms with Crippen LogP contribution in [0.1, 0.15) is 32.2 Å². The first-order chi connectivity index (χ1) is 14.3. The third-order valence-electron chi connectivity index (χ3n) is 4.76. The Bertz CT molecular complexity index is 1040. The Balaban J connectivity index is 1.54. The minimum atomic E-state index is -0.238. The van der Waals surface area contributed by atoms with E-state index in [0.29, 0.717) is 17.9 Å². The molecule has 156 valence electrons. The SMILES string of the molecule is Cc1nc(COc2ccc(C(=O)N(C)CC(=O)Nc3cccc(C)c3C)cc2)cs1. The van der Waals surface area contributed by atoms with E-state index in [4.69, 9.17) is 4.74 Å². The summed E-state index contributed by atoms with van der Waals surface area (Å²) < 4.78 is 5.71. The van der Waals surface area contributed by atoms with Crippen LogP contribution in [0.25, 0.3) is 0 Å². The van der Waals surface area contributed by atoms with E-state index in [1.165, 1.54) is 4.90 Å². The largest absolute Gasteiger partial charge is 0.487 e. The third-order valence-corrected chi connectivity index (χ3v) is 5.58. The molecule has 1 N–H and O–H groups in total. The van der Waals surface area contributed by atoms with Crippen molar-refractivity contribution >= 4 is 28.8 Å². The first kappa shape index (κ1) is 21.5. The Kier molecular flexibility index (Phi) is 6.84. The predicted molar refractivity (Wildman–Crippen MR) is 119 cm³/mol. The lowest BCUT2D eigenvalue weighted by molar-refractivity contribution is -0.116. The number of carbonyl (C=O) groups excluding carboxylic acids is 2. The molecule has 0 aliphatic carbocycles. The molecule has 6 nitrogen and oxygen atoms in total. The lowest BCUT2D eigenvalue weighted by atomic mass is 10.1. The third kappa shape index (κ3) is 5.45. The molecule has 30 heavy (non-hydrogen) atoms. The van der Waals surface area contributed by atoms with Gasteiger partial charge >= 0.3 is 0 Å². The van der Waals surface area contributed by atoms with Crippen LogP contribution >= 0.6 is 11.3 Å². The highest BCUT2D eigenvalue weighted by atomic mass is 32.1. The Hall–Kier alpha value is -3.19. The van der Waals surface area contributed by atoms with Gasteiger partial charge in [0, 0.05) is 23.7 Å². The Labute approximate surface area is 180 Å². The topological polar surface area (TPSA) is 71.5 Å². The maximum atomic E-state index is 12.6. The van der Waals surface area contributed by atoms with Crippen molar-refractivity contribution < 1.29 is 14.3 Å². The quantitative estimate of drug-likeness (QED) is 0.613. The van der Waals surface area contributed by atoms with Gasteiger partial charge < -0.3 is 15.0 Å². The number of ether oxygens (including phenoxy) is 1. The first-order valence-electron chi connectivity index (χ1n) is 9.59. The van der Waals surface area contributed by atoms with Gasteiger partial charge in [0.15, 0.2) is 0 Å². The van der Waals surface area contributed by atoms with Crippen LogP contribution in [0.2, 0.25) is 0 Å². The molecular formula is C23H25N3O3S. The second-order valence-electron chi connectivity index (χ2n) is 7.13. The first-order valence-corrected chi connectivity index (χ1v) is 10.5. The molecule has 0 radical (unpaired) electrons. The van der Waals surface area contributed by atoms with Crippen LogP contribution in [-0.2, 0) is 11.4 Å². The van der Waals surface area contributed by atoms with E-state index in [2.05, 4.69) is 10.3 Å². The van der Waals surface area contributed by atoms with Gasteiger partial charge in [0.25, 0.3) is 5.91 Å². The smallest absolute Gasteiger partial charge is 0.254 e. The van der Waals surface area contributed by atoms with Crippen molar-refractivity contribution in [3.63, 3.8) is 0 Å². The zero-order chi connectivity index (χ0) is 21.7. The van der Waals surface area contributed by atoms with E-state index < -0.39 is 0 Å². The molecule has 0 bridgehead atoms. The molecule has 1 aromatic heterocycles. The summed E-state index contributed by atoms with van der Waals surface area (Å²) in [5.41, 5.74) is 4.26. The second kappa shape index (κ2) is 9.54. The van der Waals surface area contributed by atoms with Gasteiger partial charge in [0.2, 0.25) is 5.91 Å². The number of benzene rings is 2. The van der Waals surface area contributed by atoms with Gasteiger partial charge in [-0.05, 0) is 62.2 Å². The van der Waals surface area contributed by atoms with Crippen molar-refractivity contribution in [1.82, 2.24) is 9.88 Å². The monoisotopic (exact) mass is 423 g/mol. The van der Waals surface area contributed by atoms with Gasteiger partial charge in [-0.25, -0.2) is 4.98 Å². The molecule has 2 aromatic carbocycles. The Morgan fingerprint density at radius 3 is 2.50 bits per heavy atom. The number of aryl methyl sites for hydroxylation is 2. The second-order valence-corrected chi connectivity index (χ2v) is 8.19. The zero-order valence-corrected chi connectivity index (χ0v) is 18.4. The fourth-order valence-corrected chi connectivity index (χ4v) is 3.51. The highest BCUT2D eigenvalue weighted by Gasteiger charge is 2.16. The van der Waals surface area contributed by atoms with Gasteiger partial charge in [-0.2, -0.15) is 0 Å². The molecule has 2 amide bonds. The van der Waals surface area contributed by atoms with E-state index in [1.54, 1.807) is 42.6 Å². The fraction of sp³-hybridized carbons (Fsp3) is 0.261. The number of carbonyl (C=O) groups is 2. The summed E-state index contributed by atoms with van der Waals surface area (Å²) in [6.45, 7) is 6.25. The number of hydrogen-bond donors (Lipinski definition) is 1. The minimum absolute atomic E-state index is 0.0341. The molecule has 0 saturated heterocycles. The summed E-state index contributed by atoms with van der Waals surface area (Å²) in [6.07, 6.45) is 0. The number of rotatable bonds is 7. The molecule has 3 aromatic rings. The van der Waals surface area contributed by atoms with Crippen LogP contribution < -0.4 is 10.1 Å². The molecule has 0 unspecified atom stereocenters. The van der Waals surface area contributed by atoms with E-state index in [0.717, 1.165) is 27.5 Å². The van der Waals surface area contributed by atoms with Crippen molar-refractivity contribution in [2.45, 2.75) is 27.4 Å². The number of thiazole rings is 1. The summed E-state index contributed by atoms with van der Waals surface area (Å²) in [5.74, 6) is 0.193. The predicted octanol–water partition coefficient (Wildman–Crippen LogP) is 4.36. The van der Waals surface area contributed by atoms with Crippen molar-refractivity contribution in [3.8, 4) is 5.75 Å². The molecule has 0 spiro atoms. The molecular weight excluding hydrogens is 398 g/mol. The van der Waals surface area contributed by atoms with Crippen molar-refractivity contribution in [3.05, 3.63) is 75.2 Å². The van der Waals surface area contributed by atoms with Gasteiger partial charge in [0.1, 0.15) is 12.4 Å². The summed E-state index contributed by atoms with van der Waals surface area (Å²) in [7, 11) is 1.61. The highest BCUT2D eigenvalue weighted by molar-refractivity contribution is 7.09. The molecule has 0 aliphatic rings. The molecule has 3 rings (SSSR count). The van der Waals surface area contributed by atoms with Crippen molar-refractivity contribution in [1.29, 1.82) is 0 Å². The van der Waals surface area contributed by atoms with E-state index in [9.17, 15) is 9.59 Å². The number of amides is 2. The number of nitrogens with one attached hydrogen (secondary N) is 1. The minimum Gasteiger partial charge on any atom is -0.487 e. The molecule has 1 heterocycles. The summed E-state index contributed by atoms with van der Waals surface area (Å²) in [4.78, 5) is 30.8. The fourth-order valence-electron chi connectivity index (χ4n) is 2.91. The molecule has 0 saturated carbocycles. The highest BCUT2D eigenvalue weighted by Crippen LogP contribution is 2.19. The Morgan fingerprint density at radius 1 is 1.10 bits per heavy atom. The van der Waals surface area contributed by atoms with Crippen molar-refractivity contribution in [2.75, 3.05) is 18.9 Å². The number of aromatic nitrogens is 1. The molecule has 0 atom stereocenters. The van der Waals surface area contributed by atoms with Gasteiger partial charge in [-0.1, -0.05) is 12.1 Å². The number of nitrogens with zero attached hydrogens (tertiary/aromatic N) is 2. The zero-order valence-electron chi connectivity index (χ0n) is 17.6. The lowest BCUT2D eigenvalue weighted by Crippen LogP contribution is -2.35. The number of likely N-dealkylation sites (N-methyl/N-ethyl adjacent to an activating group) is 1. The van der Waals surface area contributed by atoms with Crippen LogP contribution in [0, 0.1) is 20.8 Å². The summed E-state index contributed by atoms with van der Waals surface area (Å²) in [6, 6.07) is 12.6. The molecule has 7 heteroatoms. The maximum absolute atomic E-state index is 12.6. The van der Waals surface area contributed by atoms with Gasteiger partial charge in [-0.3, -0.25) is 9.59 Å². The van der Waals surface area contributed by atoms with Crippen LogP contribution in [0.15, 0.2) is 47.8 Å². The van der Waals surface area contributed by atoms with Crippen LogP contribution in [0.4, 0.5) is 5.69 Å². The van der Waals surface area contributed by atoms with E-state index >= 15 is 0 Å². The standard InChI is InChI=1S/C23H25N3O3S/c1-15-6-5-7-21(16(15)2)25-22(27)12-26(4)23(28)18-8-10-20(11-9-18)29-13-19-14-30-17(3)24-19/h5-11,14H,12-13H2,1-4H3,(H,25,27).